The lowest BCUT2D eigenvalue weighted by Crippen LogP contribution is -2.24. The fraction of sp³-hybridized carbons (Fsp3) is 0.286. The van der Waals surface area contributed by atoms with Crippen LogP contribution in [0.3, 0.4) is 0 Å². The molecule has 0 saturated carbocycles. The Morgan fingerprint density at radius 1 is 1.10 bits per heavy atom. The standard InChI is InChI=1S/C21H22N4O3S/c1-15-23-24-21(25(15)17-6-3-2-4-7-17)29-14-20(26)22-13-16-8-9-18-19(12-16)28-11-5-10-27-18/h2-4,6-9,12H,5,10-11,13-14H2,1H3,(H,22,26). The maximum Gasteiger partial charge on any atom is 0.230 e. The summed E-state index contributed by atoms with van der Waals surface area (Å²) in [5.41, 5.74) is 1.95. The molecule has 1 amide bonds. The van der Waals surface area contributed by atoms with Crippen LogP contribution in [0.4, 0.5) is 0 Å². The average Bonchev–Trinajstić information content (AvgIpc) is 2.96. The van der Waals surface area contributed by atoms with Gasteiger partial charge in [-0.05, 0) is 36.8 Å². The number of amides is 1. The topological polar surface area (TPSA) is 78.3 Å². The van der Waals surface area contributed by atoms with Crippen molar-refractivity contribution in [1.29, 1.82) is 0 Å². The molecule has 150 valence electrons. The molecular weight excluding hydrogens is 388 g/mol. The van der Waals surface area contributed by atoms with Gasteiger partial charge in [-0.25, -0.2) is 0 Å². The average molecular weight is 410 g/mol. The van der Waals surface area contributed by atoms with Crippen molar-refractivity contribution in [3.05, 3.63) is 59.9 Å². The molecular formula is C21H22N4O3S. The van der Waals surface area contributed by atoms with Crippen molar-refractivity contribution in [1.82, 2.24) is 20.1 Å². The van der Waals surface area contributed by atoms with Gasteiger partial charge in [0.1, 0.15) is 5.82 Å². The highest BCUT2D eigenvalue weighted by molar-refractivity contribution is 7.99. The maximum absolute atomic E-state index is 12.3. The number of benzene rings is 2. The lowest BCUT2D eigenvalue weighted by Gasteiger charge is -2.10. The van der Waals surface area contributed by atoms with Crippen LogP contribution in [0.15, 0.2) is 53.7 Å². The fourth-order valence-corrected chi connectivity index (χ4v) is 3.84. The molecule has 1 N–H and O–H groups in total. The van der Waals surface area contributed by atoms with Gasteiger partial charge in [0, 0.05) is 18.7 Å². The number of fused-ring (bicyclic) bond motifs is 1. The molecule has 1 aromatic heterocycles. The zero-order chi connectivity index (χ0) is 20.1. The predicted octanol–water partition coefficient (Wildman–Crippen LogP) is 3.15. The van der Waals surface area contributed by atoms with Crippen LogP contribution in [0.2, 0.25) is 0 Å². The fourth-order valence-electron chi connectivity index (χ4n) is 3.01. The number of carbonyl (C=O) groups excluding carboxylic acids is 1. The van der Waals surface area contributed by atoms with E-state index in [0.29, 0.717) is 24.9 Å². The van der Waals surface area contributed by atoms with E-state index in [1.165, 1.54) is 11.8 Å². The summed E-state index contributed by atoms with van der Waals surface area (Å²) < 4.78 is 13.3. The SMILES string of the molecule is Cc1nnc(SCC(=O)NCc2ccc3c(c2)OCCCO3)n1-c1ccccc1. The molecule has 0 unspecified atom stereocenters. The van der Waals surface area contributed by atoms with Gasteiger partial charge in [-0.15, -0.1) is 10.2 Å². The predicted molar refractivity (Wildman–Crippen MR) is 111 cm³/mol. The summed E-state index contributed by atoms with van der Waals surface area (Å²) in [6.07, 6.45) is 0.866. The minimum atomic E-state index is -0.0672. The number of hydrogen-bond acceptors (Lipinski definition) is 6. The Hall–Kier alpha value is -3.00. The largest absolute Gasteiger partial charge is 0.490 e. The first-order valence-electron chi connectivity index (χ1n) is 9.46. The highest BCUT2D eigenvalue weighted by Crippen LogP contribution is 2.30. The van der Waals surface area contributed by atoms with E-state index >= 15 is 0 Å². The second-order valence-electron chi connectivity index (χ2n) is 6.60. The van der Waals surface area contributed by atoms with Gasteiger partial charge in [-0.3, -0.25) is 9.36 Å². The Morgan fingerprint density at radius 2 is 1.90 bits per heavy atom. The molecule has 7 nitrogen and oxygen atoms in total. The zero-order valence-corrected chi connectivity index (χ0v) is 16.9. The van der Waals surface area contributed by atoms with Gasteiger partial charge < -0.3 is 14.8 Å². The van der Waals surface area contributed by atoms with Crippen LogP contribution in [0.5, 0.6) is 11.5 Å². The van der Waals surface area contributed by atoms with Gasteiger partial charge in [-0.2, -0.15) is 0 Å². The van der Waals surface area contributed by atoms with E-state index in [1.54, 1.807) is 0 Å². The molecule has 3 aromatic rings. The number of aromatic nitrogens is 3. The van der Waals surface area contributed by atoms with E-state index in [0.717, 1.165) is 35.0 Å². The highest BCUT2D eigenvalue weighted by atomic mass is 32.2. The molecule has 1 aliphatic heterocycles. The van der Waals surface area contributed by atoms with E-state index in [2.05, 4.69) is 15.5 Å². The van der Waals surface area contributed by atoms with E-state index in [-0.39, 0.29) is 11.7 Å². The van der Waals surface area contributed by atoms with Gasteiger partial charge in [0.05, 0.1) is 19.0 Å². The summed E-state index contributed by atoms with van der Waals surface area (Å²) in [6, 6.07) is 15.6. The van der Waals surface area contributed by atoms with Crippen molar-refractivity contribution in [3.8, 4) is 17.2 Å². The lowest BCUT2D eigenvalue weighted by atomic mass is 10.2. The minimum absolute atomic E-state index is 0.0672. The van der Waals surface area contributed by atoms with Crippen molar-refractivity contribution in [3.63, 3.8) is 0 Å². The van der Waals surface area contributed by atoms with E-state index in [4.69, 9.17) is 9.47 Å². The van der Waals surface area contributed by atoms with Crippen LogP contribution in [0.1, 0.15) is 17.8 Å². The van der Waals surface area contributed by atoms with Crippen LogP contribution in [-0.2, 0) is 11.3 Å². The minimum Gasteiger partial charge on any atom is -0.490 e. The normalized spacial score (nSPS) is 13.0. The summed E-state index contributed by atoms with van der Waals surface area (Å²) in [5.74, 6) is 2.46. The van der Waals surface area contributed by atoms with Gasteiger partial charge >= 0.3 is 0 Å². The van der Waals surface area contributed by atoms with Crippen molar-refractivity contribution in [2.24, 2.45) is 0 Å². The Balaban J connectivity index is 1.34. The van der Waals surface area contributed by atoms with Crippen molar-refractivity contribution < 1.29 is 14.3 Å². The third kappa shape index (κ3) is 4.71. The quantitative estimate of drug-likeness (QED) is 0.629. The molecule has 0 fully saturated rings. The number of carbonyl (C=O) groups is 1. The van der Waals surface area contributed by atoms with Crippen LogP contribution >= 0.6 is 11.8 Å². The van der Waals surface area contributed by atoms with E-state index in [9.17, 15) is 4.79 Å². The van der Waals surface area contributed by atoms with E-state index in [1.807, 2.05) is 60.0 Å². The molecule has 2 heterocycles. The zero-order valence-electron chi connectivity index (χ0n) is 16.1. The summed E-state index contributed by atoms with van der Waals surface area (Å²) >= 11 is 1.36. The van der Waals surface area contributed by atoms with Gasteiger partial charge in [0.25, 0.3) is 0 Å². The molecule has 29 heavy (non-hydrogen) atoms. The molecule has 0 bridgehead atoms. The van der Waals surface area contributed by atoms with Crippen LogP contribution < -0.4 is 14.8 Å². The Bertz CT molecular complexity index is 991. The first-order valence-corrected chi connectivity index (χ1v) is 10.4. The van der Waals surface area contributed by atoms with Gasteiger partial charge in [0.15, 0.2) is 16.7 Å². The smallest absolute Gasteiger partial charge is 0.230 e. The van der Waals surface area contributed by atoms with E-state index < -0.39 is 0 Å². The second-order valence-corrected chi connectivity index (χ2v) is 7.54. The molecule has 4 rings (SSSR count). The monoisotopic (exact) mass is 410 g/mol. The number of hydrogen-bond donors (Lipinski definition) is 1. The Labute approximate surface area is 173 Å². The summed E-state index contributed by atoms with van der Waals surface area (Å²) in [7, 11) is 0. The Kier molecular flexibility index (Phi) is 6.00. The first-order chi connectivity index (χ1) is 14.2. The van der Waals surface area contributed by atoms with Gasteiger partial charge in [0.2, 0.25) is 5.91 Å². The lowest BCUT2D eigenvalue weighted by molar-refractivity contribution is -0.118. The molecule has 0 saturated heterocycles. The third-order valence-corrected chi connectivity index (χ3v) is 5.37. The van der Waals surface area contributed by atoms with Crippen molar-refractivity contribution >= 4 is 17.7 Å². The number of thioether (sulfide) groups is 1. The molecule has 0 aliphatic carbocycles. The van der Waals surface area contributed by atoms with Crippen LogP contribution in [0.25, 0.3) is 5.69 Å². The Morgan fingerprint density at radius 3 is 2.72 bits per heavy atom. The molecule has 0 radical (unpaired) electrons. The highest BCUT2D eigenvalue weighted by Gasteiger charge is 2.14. The third-order valence-electron chi connectivity index (χ3n) is 4.44. The van der Waals surface area contributed by atoms with Crippen molar-refractivity contribution in [2.45, 2.75) is 25.0 Å². The summed E-state index contributed by atoms with van der Waals surface area (Å²) in [6.45, 7) is 3.63. The number of ether oxygens (including phenoxy) is 2. The molecule has 2 aromatic carbocycles. The molecule has 1 aliphatic rings. The first kappa shape index (κ1) is 19.3. The second kappa shape index (κ2) is 9.00. The van der Waals surface area contributed by atoms with Gasteiger partial charge in [-0.1, -0.05) is 36.0 Å². The number of rotatable bonds is 6. The number of para-hydroxylation sites is 1. The molecule has 8 heteroatoms. The molecule has 0 atom stereocenters. The number of aryl methyl sites for hydroxylation is 1. The van der Waals surface area contributed by atoms with Crippen molar-refractivity contribution in [2.75, 3.05) is 19.0 Å². The summed E-state index contributed by atoms with van der Waals surface area (Å²) in [5, 5.41) is 12.0. The number of nitrogens with one attached hydrogen (secondary N) is 1. The number of nitrogens with zero attached hydrogens (tertiary/aromatic N) is 3. The summed E-state index contributed by atoms with van der Waals surface area (Å²) in [4.78, 5) is 12.3. The maximum atomic E-state index is 12.3. The van der Waals surface area contributed by atoms with Crippen LogP contribution in [0, 0.1) is 6.92 Å². The molecule has 0 spiro atoms. The van der Waals surface area contributed by atoms with Crippen LogP contribution in [-0.4, -0.2) is 39.6 Å².